The van der Waals surface area contributed by atoms with Gasteiger partial charge in [0.25, 0.3) is 0 Å². The molecule has 8 heteroatoms. The fourth-order valence-electron chi connectivity index (χ4n) is 2.68. The average molecular weight is 349 g/mol. The molecule has 0 aliphatic carbocycles. The number of benzene rings is 1. The summed E-state index contributed by atoms with van der Waals surface area (Å²) < 4.78 is 40.3. The third-order valence-electron chi connectivity index (χ3n) is 3.99. The van der Waals surface area contributed by atoms with E-state index in [4.69, 9.17) is 0 Å². The van der Waals surface area contributed by atoms with Gasteiger partial charge in [-0.15, -0.1) is 0 Å². The van der Waals surface area contributed by atoms with Crippen molar-refractivity contribution in [1.29, 1.82) is 0 Å². The highest BCUT2D eigenvalue weighted by Crippen LogP contribution is 2.29. The van der Waals surface area contributed by atoms with Gasteiger partial charge < -0.3 is 10.2 Å². The number of rotatable bonds is 4. The minimum Gasteiger partial charge on any atom is -0.352 e. The molecule has 2 amide bonds. The number of anilines is 1. The lowest BCUT2D eigenvalue weighted by Gasteiger charge is -2.17. The van der Waals surface area contributed by atoms with E-state index >= 15 is 0 Å². The van der Waals surface area contributed by atoms with Crippen molar-refractivity contribution in [3.63, 3.8) is 0 Å². The van der Waals surface area contributed by atoms with Crippen LogP contribution in [0.25, 0.3) is 0 Å². The number of carbonyl (C=O) groups excluding carboxylic acids is 2. The molecule has 1 saturated heterocycles. The molecule has 2 heterocycles. The summed E-state index contributed by atoms with van der Waals surface area (Å²) in [5, 5.41) is 2.68. The zero-order valence-corrected chi connectivity index (χ0v) is 13.0. The van der Waals surface area contributed by atoms with Crippen molar-refractivity contribution in [3.05, 3.63) is 59.7 Å². The Morgan fingerprint density at radius 1 is 1.24 bits per heavy atom. The van der Waals surface area contributed by atoms with Crippen LogP contribution in [-0.4, -0.2) is 23.3 Å². The van der Waals surface area contributed by atoms with Crippen LogP contribution in [0.15, 0.2) is 36.7 Å². The van der Waals surface area contributed by atoms with E-state index in [1.165, 1.54) is 0 Å². The number of pyridine rings is 1. The highest BCUT2D eigenvalue weighted by atomic mass is 19.2. The van der Waals surface area contributed by atoms with E-state index in [2.05, 4.69) is 10.3 Å². The Kier molecular flexibility index (Phi) is 4.69. The second kappa shape index (κ2) is 6.92. The summed E-state index contributed by atoms with van der Waals surface area (Å²) in [7, 11) is 0. The number of aromatic nitrogens is 1. The van der Waals surface area contributed by atoms with Gasteiger partial charge in [0.15, 0.2) is 17.5 Å². The number of halogens is 3. The Bertz CT molecular complexity index is 814. The lowest BCUT2D eigenvalue weighted by atomic mass is 10.1. The summed E-state index contributed by atoms with van der Waals surface area (Å²) in [4.78, 5) is 29.2. The van der Waals surface area contributed by atoms with Gasteiger partial charge in [-0.1, -0.05) is 6.07 Å². The van der Waals surface area contributed by atoms with Crippen molar-refractivity contribution >= 4 is 17.5 Å². The molecule has 1 aromatic heterocycles. The summed E-state index contributed by atoms with van der Waals surface area (Å²) in [6.07, 6.45) is 3.08. The third-order valence-corrected chi connectivity index (χ3v) is 3.99. The van der Waals surface area contributed by atoms with Gasteiger partial charge in [0.2, 0.25) is 11.8 Å². The normalized spacial score (nSPS) is 17.0. The van der Waals surface area contributed by atoms with E-state index in [-0.39, 0.29) is 31.1 Å². The lowest BCUT2D eigenvalue weighted by Crippen LogP contribution is -2.33. The summed E-state index contributed by atoms with van der Waals surface area (Å²) in [6.45, 7) is 0.149. The Balaban J connectivity index is 1.68. The first-order chi connectivity index (χ1) is 12.0. The fourth-order valence-corrected chi connectivity index (χ4v) is 2.68. The quantitative estimate of drug-likeness (QED) is 0.861. The highest BCUT2D eigenvalue weighted by molar-refractivity contribution is 6.00. The second-order valence-electron chi connectivity index (χ2n) is 5.68. The van der Waals surface area contributed by atoms with Crippen molar-refractivity contribution in [1.82, 2.24) is 10.3 Å². The molecule has 25 heavy (non-hydrogen) atoms. The van der Waals surface area contributed by atoms with Gasteiger partial charge in [-0.3, -0.25) is 14.6 Å². The molecule has 1 N–H and O–H groups in total. The summed E-state index contributed by atoms with van der Waals surface area (Å²) in [5.41, 5.74) is 0.426. The van der Waals surface area contributed by atoms with Crippen LogP contribution in [-0.2, 0) is 16.1 Å². The van der Waals surface area contributed by atoms with Gasteiger partial charge in [-0.25, -0.2) is 13.2 Å². The predicted molar refractivity (Wildman–Crippen MR) is 82.9 cm³/mol. The fraction of sp³-hybridized carbons (Fsp3) is 0.235. The summed E-state index contributed by atoms with van der Waals surface area (Å²) >= 11 is 0. The number of hydrogen-bond donors (Lipinski definition) is 1. The van der Waals surface area contributed by atoms with Crippen LogP contribution in [0, 0.1) is 23.4 Å². The van der Waals surface area contributed by atoms with Crippen LogP contribution in [0.1, 0.15) is 12.0 Å². The Morgan fingerprint density at radius 2 is 2.04 bits per heavy atom. The smallest absolute Gasteiger partial charge is 0.227 e. The monoisotopic (exact) mass is 349 g/mol. The number of amides is 2. The van der Waals surface area contributed by atoms with Crippen LogP contribution in [0.5, 0.6) is 0 Å². The van der Waals surface area contributed by atoms with Crippen molar-refractivity contribution in [2.24, 2.45) is 5.92 Å². The molecule has 5 nitrogen and oxygen atoms in total. The minimum atomic E-state index is -1.64. The molecular weight excluding hydrogens is 335 g/mol. The number of nitrogens with zero attached hydrogens (tertiary/aromatic N) is 2. The SMILES string of the molecule is O=C(NCc1cccnc1)C1CC(=O)N(c2ccc(F)c(F)c2F)C1. The number of hydrogen-bond acceptors (Lipinski definition) is 3. The average Bonchev–Trinajstić information content (AvgIpc) is 3.00. The van der Waals surface area contributed by atoms with E-state index in [1.807, 2.05) is 0 Å². The van der Waals surface area contributed by atoms with Crippen molar-refractivity contribution in [2.75, 3.05) is 11.4 Å². The van der Waals surface area contributed by atoms with Crippen LogP contribution >= 0.6 is 0 Å². The maximum atomic E-state index is 13.9. The predicted octanol–water partition coefficient (Wildman–Crippen LogP) is 2.17. The van der Waals surface area contributed by atoms with E-state index < -0.39 is 29.3 Å². The second-order valence-corrected chi connectivity index (χ2v) is 5.68. The zero-order chi connectivity index (χ0) is 18.0. The molecule has 0 spiro atoms. The number of carbonyl (C=O) groups is 2. The van der Waals surface area contributed by atoms with E-state index in [1.54, 1.807) is 24.5 Å². The van der Waals surface area contributed by atoms with Crippen LogP contribution in [0.2, 0.25) is 0 Å². The highest BCUT2D eigenvalue weighted by Gasteiger charge is 2.36. The molecule has 1 aromatic carbocycles. The van der Waals surface area contributed by atoms with Gasteiger partial charge in [-0.2, -0.15) is 0 Å². The maximum absolute atomic E-state index is 13.9. The third kappa shape index (κ3) is 3.47. The summed E-state index contributed by atoms with van der Waals surface area (Å²) in [5.74, 6) is -6.01. The van der Waals surface area contributed by atoms with Gasteiger partial charge in [0.1, 0.15) is 0 Å². The molecule has 0 bridgehead atoms. The first kappa shape index (κ1) is 16.9. The van der Waals surface area contributed by atoms with Crippen molar-refractivity contribution in [2.45, 2.75) is 13.0 Å². The molecule has 3 rings (SSSR count). The standard InChI is InChI=1S/C17H14F3N3O2/c18-12-3-4-13(16(20)15(12)19)23-9-11(6-14(23)24)17(25)22-8-10-2-1-5-21-7-10/h1-5,7,11H,6,8-9H2,(H,22,25). The van der Waals surface area contributed by atoms with Gasteiger partial charge in [0, 0.05) is 31.9 Å². The molecule has 1 unspecified atom stereocenters. The van der Waals surface area contributed by atoms with E-state index in [0.717, 1.165) is 22.6 Å². The molecule has 1 atom stereocenters. The Hall–Kier alpha value is -2.90. The van der Waals surface area contributed by atoms with Crippen LogP contribution < -0.4 is 10.2 Å². The molecule has 130 valence electrons. The number of nitrogens with one attached hydrogen (secondary N) is 1. The van der Waals surface area contributed by atoms with Crippen molar-refractivity contribution in [3.8, 4) is 0 Å². The Labute approximate surface area is 141 Å². The first-order valence-electron chi connectivity index (χ1n) is 7.58. The molecule has 1 aliphatic heterocycles. The molecule has 2 aromatic rings. The van der Waals surface area contributed by atoms with Crippen LogP contribution in [0.3, 0.4) is 0 Å². The first-order valence-corrected chi connectivity index (χ1v) is 7.58. The zero-order valence-electron chi connectivity index (χ0n) is 13.0. The van der Waals surface area contributed by atoms with Gasteiger partial charge in [0.05, 0.1) is 11.6 Å². The van der Waals surface area contributed by atoms with Crippen LogP contribution in [0.4, 0.5) is 18.9 Å². The largest absolute Gasteiger partial charge is 0.352 e. The topological polar surface area (TPSA) is 62.3 Å². The molecule has 1 aliphatic rings. The minimum absolute atomic E-state index is 0.0975. The van der Waals surface area contributed by atoms with Gasteiger partial charge >= 0.3 is 0 Å². The maximum Gasteiger partial charge on any atom is 0.227 e. The molecular formula is C17H14F3N3O2. The molecule has 0 saturated carbocycles. The molecule has 1 fully saturated rings. The summed E-state index contributed by atoms with van der Waals surface area (Å²) in [6, 6.07) is 5.25. The Morgan fingerprint density at radius 3 is 2.76 bits per heavy atom. The van der Waals surface area contributed by atoms with E-state index in [0.29, 0.717) is 0 Å². The van der Waals surface area contributed by atoms with E-state index in [9.17, 15) is 22.8 Å². The van der Waals surface area contributed by atoms with Crippen molar-refractivity contribution < 1.29 is 22.8 Å². The lowest BCUT2D eigenvalue weighted by molar-refractivity contribution is -0.126. The molecule has 0 radical (unpaired) electrons. The van der Waals surface area contributed by atoms with Gasteiger partial charge in [-0.05, 0) is 23.8 Å².